The van der Waals surface area contributed by atoms with Crippen LogP contribution in [0.25, 0.3) is 11.3 Å². The smallest absolute Gasteiger partial charge is 0.111 e. The fraction of sp³-hybridized carbons (Fsp3) is 0.385. The summed E-state index contributed by atoms with van der Waals surface area (Å²) in [5.41, 5.74) is 1.65. The van der Waals surface area contributed by atoms with E-state index >= 15 is 0 Å². The molecular formula is C13H15Cl2N3S. The summed E-state index contributed by atoms with van der Waals surface area (Å²) in [6.07, 6.45) is 0. The van der Waals surface area contributed by atoms with Gasteiger partial charge in [-0.3, -0.25) is 0 Å². The van der Waals surface area contributed by atoms with Gasteiger partial charge in [0.1, 0.15) is 5.69 Å². The SMILES string of the molecule is CC(C)CNCc1snnc1-c1cccc(Cl)c1Cl. The number of rotatable bonds is 5. The Bertz CT molecular complexity index is 555. The molecule has 2 rings (SSSR count). The number of aromatic nitrogens is 2. The topological polar surface area (TPSA) is 37.8 Å². The maximum Gasteiger partial charge on any atom is 0.111 e. The average Bonchev–Trinajstić information content (AvgIpc) is 2.80. The molecule has 1 aromatic heterocycles. The van der Waals surface area contributed by atoms with Gasteiger partial charge in [0.15, 0.2) is 0 Å². The Balaban J connectivity index is 2.21. The molecular weight excluding hydrogens is 301 g/mol. The second-order valence-electron chi connectivity index (χ2n) is 4.67. The number of halogens is 2. The Labute approximate surface area is 127 Å². The Hall–Kier alpha value is -0.680. The van der Waals surface area contributed by atoms with E-state index in [2.05, 4.69) is 28.8 Å². The van der Waals surface area contributed by atoms with E-state index in [1.807, 2.05) is 12.1 Å². The molecule has 0 atom stereocenters. The lowest BCUT2D eigenvalue weighted by Gasteiger charge is -2.08. The minimum Gasteiger partial charge on any atom is -0.311 e. The molecule has 2 aromatic rings. The van der Waals surface area contributed by atoms with Crippen molar-refractivity contribution in [1.29, 1.82) is 0 Å². The van der Waals surface area contributed by atoms with Crippen LogP contribution < -0.4 is 5.32 Å². The summed E-state index contributed by atoms with van der Waals surface area (Å²) in [5.74, 6) is 0.610. The lowest BCUT2D eigenvalue weighted by atomic mass is 10.1. The van der Waals surface area contributed by atoms with Gasteiger partial charge in [-0.25, -0.2) is 0 Å². The van der Waals surface area contributed by atoms with Gasteiger partial charge < -0.3 is 5.32 Å². The van der Waals surface area contributed by atoms with Gasteiger partial charge in [-0.1, -0.05) is 53.7 Å². The van der Waals surface area contributed by atoms with Gasteiger partial charge in [-0.2, -0.15) is 0 Å². The third-order valence-corrected chi connectivity index (χ3v) is 4.14. The largest absolute Gasteiger partial charge is 0.311 e. The zero-order chi connectivity index (χ0) is 13.8. The predicted octanol–water partition coefficient (Wildman–Crippen LogP) is 4.26. The van der Waals surface area contributed by atoms with E-state index in [1.54, 1.807) is 6.07 Å². The summed E-state index contributed by atoms with van der Waals surface area (Å²) in [4.78, 5) is 1.07. The maximum atomic E-state index is 6.23. The van der Waals surface area contributed by atoms with Crippen molar-refractivity contribution in [3.05, 3.63) is 33.1 Å². The van der Waals surface area contributed by atoms with Gasteiger partial charge in [-0.15, -0.1) is 5.10 Å². The summed E-state index contributed by atoms with van der Waals surface area (Å²) >= 11 is 13.6. The molecule has 0 unspecified atom stereocenters. The highest BCUT2D eigenvalue weighted by atomic mass is 35.5. The molecule has 0 saturated heterocycles. The van der Waals surface area contributed by atoms with Crippen LogP contribution in [-0.2, 0) is 6.54 Å². The summed E-state index contributed by atoms with van der Waals surface area (Å²) in [5, 5.41) is 8.62. The zero-order valence-corrected chi connectivity index (χ0v) is 13.1. The van der Waals surface area contributed by atoms with Crippen LogP contribution in [0, 0.1) is 5.92 Å². The molecule has 19 heavy (non-hydrogen) atoms. The molecule has 0 bridgehead atoms. The van der Waals surface area contributed by atoms with Gasteiger partial charge in [0.25, 0.3) is 0 Å². The molecule has 0 amide bonds. The van der Waals surface area contributed by atoms with Crippen molar-refractivity contribution < 1.29 is 0 Å². The Morgan fingerprint density at radius 2 is 2.11 bits per heavy atom. The minimum atomic E-state index is 0.530. The molecule has 0 aliphatic rings. The first-order valence-corrected chi connectivity index (χ1v) is 7.59. The van der Waals surface area contributed by atoms with Crippen molar-refractivity contribution in [2.24, 2.45) is 5.92 Å². The molecule has 1 N–H and O–H groups in total. The summed E-state index contributed by atoms with van der Waals surface area (Å²) in [6.45, 7) is 6.05. The van der Waals surface area contributed by atoms with E-state index in [0.717, 1.165) is 29.2 Å². The molecule has 0 radical (unpaired) electrons. The van der Waals surface area contributed by atoms with Crippen LogP contribution >= 0.6 is 34.7 Å². The van der Waals surface area contributed by atoms with Crippen LogP contribution in [0.4, 0.5) is 0 Å². The monoisotopic (exact) mass is 315 g/mol. The van der Waals surface area contributed by atoms with E-state index in [-0.39, 0.29) is 0 Å². The van der Waals surface area contributed by atoms with Crippen molar-refractivity contribution in [2.45, 2.75) is 20.4 Å². The highest BCUT2D eigenvalue weighted by Gasteiger charge is 2.14. The highest BCUT2D eigenvalue weighted by Crippen LogP contribution is 2.34. The van der Waals surface area contributed by atoms with E-state index < -0.39 is 0 Å². The Kier molecular flexibility index (Phi) is 5.16. The molecule has 0 spiro atoms. The van der Waals surface area contributed by atoms with Crippen LogP contribution in [0.2, 0.25) is 10.0 Å². The van der Waals surface area contributed by atoms with Gasteiger partial charge >= 0.3 is 0 Å². The summed E-state index contributed by atoms with van der Waals surface area (Å²) < 4.78 is 4.02. The van der Waals surface area contributed by atoms with Crippen molar-refractivity contribution in [3.63, 3.8) is 0 Å². The number of hydrogen-bond donors (Lipinski definition) is 1. The van der Waals surface area contributed by atoms with Crippen molar-refractivity contribution in [1.82, 2.24) is 14.9 Å². The quantitative estimate of drug-likeness (QED) is 0.896. The Morgan fingerprint density at radius 3 is 2.84 bits per heavy atom. The number of hydrogen-bond acceptors (Lipinski definition) is 4. The van der Waals surface area contributed by atoms with E-state index in [1.165, 1.54) is 11.5 Å². The van der Waals surface area contributed by atoms with Crippen molar-refractivity contribution in [2.75, 3.05) is 6.54 Å². The summed E-state index contributed by atoms with van der Waals surface area (Å²) in [6, 6.07) is 5.55. The van der Waals surface area contributed by atoms with Crippen LogP contribution in [0.1, 0.15) is 18.7 Å². The normalized spacial score (nSPS) is 11.2. The molecule has 6 heteroatoms. The highest BCUT2D eigenvalue weighted by molar-refractivity contribution is 7.06. The number of nitrogens with zero attached hydrogens (tertiary/aromatic N) is 2. The molecule has 3 nitrogen and oxygen atoms in total. The van der Waals surface area contributed by atoms with Crippen LogP contribution in [0.5, 0.6) is 0 Å². The number of benzene rings is 1. The molecule has 0 aliphatic carbocycles. The van der Waals surface area contributed by atoms with E-state index in [9.17, 15) is 0 Å². The van der Waals surface area contributed by atoms with Gasteiger partial charge in [-0.05, 0) is 30.1 Å². The molecule has 0 saturated carbocycles. The lowest BCUT2D eigenvalue weighted by Crippen LogP contribution is -2.18. The second kappa shape index (κ2) is 6.66. The first kappa shape index (κ1) is 14.7. The molecule has 0 fully saturated rings. The van der Waals surface area contributed by atoms with Crippen LogP contribution in [0.3, 0.4) is 0 Å². The lowest BCUT2D eigenvalue weighted by molar-refractivity contribution is 0.555. The number of nitrogens with one attached hydrogen (secondary N) is 1. The Morgan fingerprint density at radius 1 is 1.32 bits per heavy atom. The van der Waals surface area contributed by atoms with Crippen LogP contribution in [-0.4, -0.2) is 16.1 Å². The first-order valence-electron chi connectivity index (χ1n) is 6.06. The van der Waals surface area contributed by atoms with Gasteiger partial charge in [0, 0.05) is 12.1 Å². The van der Waals surface area contributed by atoms with Crippen molar-refractivity contribution in [3.8, 4) is 11.3 Å². The van der Waals surface area contributed by atoms with Gasteiger partial charge in [0.05, 0.1) is 14.9 Å². The third-order valence-electron chi connectivity index (χ3n) is 2.60. The molecule has 102 valence electrons. The second-order valence-corrected chi connectivity index (χ2v) is 6.29. The fourth-order valence-corrected chi connectivity index (χ4v) is 2.71. The van der Waals surface area contributed by atoms with E-state index in [4.69, 9.17) is 23.2 Å². The average molecular weight is 316 g/mol. The molecule has 1 heterocycles. The molecule has 1 aromatic carbocycles. The third kappa shape index (κ3) is 3.66. The van der Waals surface area contributed by atoms with Crippen molar-refractivity contribution >= 4 is 34.7 Å². The minimum absolute atomic E-state index is 0.530. The van der Waals surface area contributed by atoms with Gasteiger partial charge in [0.2, 0.25) is 0 Å². The molecule has 0 aliphatic heterocycles. The van der Waals surface area contributed by atoms with Crippen LogP contribution in [0.15, 0.2) is 18.2 Å². The fourth-order valence-electron chi connectivity index (χ4n) is 1.69. The summed E-state index contributed by atoms with van der Waals surface area (Å²) in [7, 11) is 0. The maximum absolute atomic E-state index is 6.23. The van der Waals surface area contributed by atoms with E-state index in [0.29, 0.717) is 16.0 Å². The zero-order valence-electron chi connectivity index (χ0n) is 10.8. The predicted molar refractivity (Wildman–Crippen MR) is 81.9 cm³/mol. The first-order chi connectivity index (χ1) is 9.09. The standard InChI is InChI=1S/C13H15Cl2N3S/c1-8(2)6-16-7-11-13(17-18-19-11)9-4-3-5-10(14)12(9)15/h3-5,8,16H,6-7H2,1-2H3.